The lowest BCUT2D eigenvalue weighted by Crippen LogP contribution is -2.43. The van der Waals surface area contributed by atoms with Crippen molar-refractivity contribution in [2.24, 2.45) is 0 Å². The molecule has 0 saturated heterocycles. The molecule has 2 aliphatic rings. The van der Waals surface area contributed by atoms with Gasteiger partial charge in [-0.05, 0) is 32.1 Å². The van der Waals surface area contributed by atoms with Gasteiger partial charge in [-0.2, -0.15) is 0 Å². The molecule has 76 valence electrons. The van der Waals surface area contributed by atoms with E-state index in [0.29, 0.717) is 12.1 Å². The number of rotatable bonds is 2. The Kier molecular flexibility index (Phi) is 2.87. The van der Waals surface area contributed by atoms with Crippen LogP contribution in [0.25, 0.3) is 0 Å². The maximum Gasteiger partial charge on any atom is 0.0319 e. The predicted molar refractivity (Wildman–Crippen MR) is 61.2 cm³/mol. The molecular weight excluding hydrogens is 170 g/mol. The van der Waals surface area contributed by atoms with Crippen LogP contribution in [0.3, 0.4) is 0 Å². The molecule has 0 radical (unpaired) electrons. The van der Waals surface area contributed by atoms with Crippen LogP contribution in [-0.4, -0.2) is 12.1 Å². The lowest BCUT2D eigenvalue weighted by molar-refractivity contribution is 0.409. The molecule has 2 rings (SSSR count). The van der Waals surface area contributed by atoms with Crippen molar-refractivity contribution in [1.29, 1.82) is 0 Å². The summed E-state index contributed by atoms with van der Waals surface area (Å²) in [5.41, 5.74) is 3.01. The van der Waals surface area contributed by atoms with Crippen molar-refractivity contribution in [3.63, 3.8) is 0 Å². The summed E-state index contributed by atoms with van der Waals surface area (Å²) in [5.74, 6) is 0. The molecule has 1 nitrogen and oxygen atoms in total. The number of fused-ring (bicyclic) bond motifs is 1. The van der Waals surface area contributed by atoms with Gasteiger partial charge < -0.3 is 5.32 Å². The van der Waals surface area contributed by atoms with E-state index in [4.69, 9.17) is 0 Å². The molecule has 1 aliphatic heterocycles. The highest BCUT2D eigenvalue weighted by Gasteiger charge is 2.25. The topological polar surface area (TPSA) is 12.0 Å². The van der Waals surface area contributed by atoms with Gasteiger partial charge in [-0.25, -0.2) is 0 Å². The molecule has 0 spiro atoms. The van der Waals surface area contributed by atoms with Crippen LogP contribution in [0.5, 0.6) is 0 Å². The Labute approximate surface area is 86.6 Å². The van der Waals surface area contributed by atoms with Gasteiger partial charge in [0.1, 0.15) is 0 Å². The minimum atomic E-state index is 0.579. The lowest BCUT2D eigenvalue weighted by atomic mass is 9.83. The van der Waals surface area contributed by atoms with E-state index >= 15 is 0 Å². The van der Waals surface area contributed by atoms with Gasteiger partial charge in [-0.3, -0.25) is 0 Å². The number of hydrogen-bond donors (Lipinski definition) is 1. The van der Waals surface area contributed by atoms with Crippen LogP contribution in [0, 0.1) is 0 Å². The second-order valence-electron chi connectivity index (χ2n) is 4.41. The Morgan fingerprint density at radius 1 is 1.50 bits per heavy atom. The van der Waals surface area contributed by atoms with Crippen LogP contribution in [0.15, 0.2) is 36.5 Å². The van der Waals surface area contributed by atoms with Crippen LogP contribution >= 0.6 is 0 Å². The van der Waals surface area contributed by atoms with E-state index < -0.39 is 0 Å². The molecule has 0 bridgehead atoms. The average molecular weight is 189 g/mol. The minimum Gasteiger partial charge on any atom is -0.307 e. The summed E-state index contributed by atoms with van der Waals surface area (Å²) in [6, 6.07) is 1.18. The third-order valence-electron chi connectivity index (χ3n) is 3.26. The van der Waals surface area contributed by atoms with Crippen molar-refractivity contribution < 1.29 is 0 Å². The largest absolute Gasteiger partial charge is 0.307 e. The van der Waals surface area contributed by atoms with Crippen molar-refractivity contribution in [2.75, 3.05) is 0 Å². The van der Waals surface area contributed by atoms with Crippen molar-refractivity contribution in [3.8, 4) is 0 Å². The smallest absolute Gasteiger partial charge is 0.0319 e. The normalized spacial score (nSPS) is 32.0. The second kappa shape index (κ2) is 4.14. The van der Waals surface area contributed by atoms with E-state index in [1.165, 1.54) is 24.8 Å². The molecule has 1 heteroatoms. The molecule has 0 aromatic rings. The maximum absolute atomic E-state index is 4.09. The van der Waals surface area contributed by atoms with E-state index in [1.807, 2.05) is 6.08 Å². The van der Waals surface area contributed by atoms with Gasteiger partial charge in [0.2, 0.25) is 0 Å². The molecule has 1 N–H and O–H groups in total. The third kappa shape index (κ3) is 1.98. The Balaban J connectivity index is 2.03. The standard InChI is InChI=1S/C13H19N/c1-3-4-12-8-7-11-6-5-10(2)9-13(11)14-12/h3,7,12-14H,1-2,4-6,8-9H2. The van der Waals surface area contributed by atoms with Gasteiger partial charge in [-0.15, -0.1) is 6.58 Å². The highest BCUT2D eigenvalue weighted by Crippen LogP contribution is 2.30. The SMILES string of the molecule is C=CCC1CC=C2CCC(=C)CC2N1. The molecule has 1 aliphatic carbocycles. The monoisotopic (exact) mass is 189 g/mol. The van der Waals surface area contributed by atoms with E-state index in [-0.39, 0.29) is 0 Å². The summed E-state index contributed by atoms with van der Waals surface area (Å²) in [6.45, 7) is 7.88. The summed E-state index contributed by atoms with van der Waals surface area (Å²) in [6.07, 6.45) is 10.2. The zero-order valence-corrected chi connectivity index (χ0v) is 8.76. The summed E-state index contributed by atoms with van der Waals surface area (Å²) in [5, 5.41) is 3.69. The summed E-state index contributed by atoms with van der Waals surface area (Å²) in [7, 11) is 0. The van der Waals surface area contributed by atoms with Crippen molar-refractivity contribution >= 4 is 0 Å². The quantitative estimate of drug-likeness (QED) is 0.658. The molecule has 0 aromatic carbocycles. The fourth-order valence-electron chi connectivity index (χ4n) is 2.44. The van der Waals surface area contributed by atoms with Gasteiger partial charge in [0, 0.05) is 12.1 Å². The highest BCUT2D eigenvalue weighted by atomic mass is 15.0. The molecule has 0 amide bonds. The van der Waals surface area contributed by atoms with E-state index in [2.05, 4.69) is 24.6 Å². The van der Waals surface area contributed by atoms with Crippen LogP contribution in [0.2, 0.25) is 0 Å². The van der Waals surface area contributed by atoms with Crippen LogP contribution in [0.4, 0.5) is 0 Å². The molecule has 1 saturated carbocycles. The first-order chi connectivity index (χ1) is 6.79. The van der Waals surface area contributed by atoms with E-state index in [1.54, 1.807) is 5.57 Å². The Hall–Kier alpha value is -0.820. The first kappa shape index (κ1) is 9.72. The number of hydrogen-bond acceptors (Lipinski definition) is 1. The molecule has 2 unspecified atom stereocenters. The van der Waals surface area contributed by atoms with Crippen molar-refractivity contribution in [2.45, 2.75) is 44.2 Å². The first-order valence-electron chi connectivity index (χ1n) is 5.52. The van der Waals surface area contributed by atoms with Crippen LogP contribution < -0.4 is 5.32 Å². The molecule has 0 aromatic heterocycles. The lowest BCUT2D eigenvalue weighted by Gasteiger charge is -2.35. The summed E-state index contributed by atoms with van der Waals surface area (Å²) >= 11 is 0. The first-order valence-corrected chi connectivity index (χ1v) is 5.52. The summed E-state index contributed by atoms with van der Waals surface area (Å²) < 4.78 is 0. The molecule has 1 fully saturated rings. The Morgan fingerprint density at radius 2 is 2.36 bits per heavy atom. The van der Waals surface area contributed by atoms with Gasteiger partial charge in [0.25, 0.3) is 0 Å². The highest BCUT2D eigenvalue weighted by molar-refractivity contribution is 5.24. The zero-order chi connectivity index (χ0) is 9.97. The predicted octanol–water partition coefficient (Wildman–Crippen LogP) is 2.96. The average Bonchev–Trinajstić information content (AvgIpc) is 2.17. The van der Waals surface area contributed by atoms with Crippen LogP contribution in [-0.2, 0) is 0 Å². The molecule has 1 heterocycles. The van der Waals surface area contributed by atoms with Crippen molar-refractivity contribution in [3.05, 3.63) is 36.5 Å². The van der Waals surface area contributed by atoms with Crippen molar-refractivity contribution in [1.82, 2.24) is 5.32 Å². The van der Waals surface area contributed by atoms with Gasteiger partial charge >= 0.3 is 0 Å². The fraction of sp³-hybridized carbons (Fsp3) is 0.538. The van der Waals surface area contributed by atoms with E-state index in [9.17, 15) is 0 Å². The van der Waals surface area contributed by atoms with Gasteiger partial charge in [-0.1, -0.05) is 29.9 Å². The Bertz CT molecular complexity index is 275. The molecule has 2 atom stereocenters. The maximum atomic E-state index is 4.09. The third-order valence-corrected chi connectivity index (χ3v) is 3.26. The van der Waals surface area contributed by atoms with Crippen LogP contribution in [0.1, 0.15) is 32.1 Å². The molecule has 14 heavy (non-hydrogen) atoms. The minimum absolute atomic E-state index is 0.579. The zero-order valence-electron chi connectivity index (χ0n) is 8.76. The second-order valence-corrected chi connectivity index (χ2v) is 4.41. The summed E-state index contributed by atoms with van der Waals surface area (Å²) in [4.78, 5) is 0. The number of nitrogens with one attached hydrogen (secondary N) is 1. The Morgan fingerprint density at radius 3 is 3.14 bits per heavy atom. The van der Waals surface area contributed by atoms with E-state index in [0.717, 1.165) is 12.8 Å². The van der Waals surface area contributed by atoms with Gasteiger partial charge in [0.15, 0.2) is 0 Å². The molecular formula is C13H19N. The fourth-order valence-corrected chi connectivity index (χ4v) is 2.44. The van der Waals surface area contributed by atoms with Gasteiger partial charge in [0.05, 0.1) is 0 Å².